The fourth-order valence-corrected chi connectivity index (χ4v) is 2.10. The predicted molar refractivity (Wildman–Crippen MR) is 88.8 cm³/mol. The number of carbonyl (C=O) groups is 2. The molecule has 5 nitrogen and oxygen atoms in total. The first-order chi connectivity index (χ1) is 11.3. The van der Waals surface area contributed by atoms with Crippen molar-refractivity contribution in [3.8, 4) is 0 Å². The van der Waals surface area contributed by atoms with E-state index in [1.54, 1.807) is 26.0 Å². The third-order valence-electron chi connectivity index (χ3n) is 3.93. The lowest BCUT2D eigenvalue weighted by Gasteiger charge is -2.27. The van der Waals surface area contributed by atoms with E-state index >= 15 is 0 Å². The zero-order chi connectivity index (χ0) is 18.2. The van der Waals surface area contributed by atoms with Gasteiger partial charge in [-0.1, -0.05) is 26.0 Å². The van der Waals surface area contributed by atoms with Crippen molar-refractivity contribution in [1.29, 1.82) is 0 Å². The molecule has 0 aliphatic rings. The lowest BCUT2D eigenvalue weighted by molar-refractivity contribution is -0.137. The van der Waals surface area contributed by atoms with Gasteiger partial charge in [-0.3, -0.25) is 9.59 Å². The molecule has 0 unspecified atom stereocenters. The standard InChI is InChI=1S/C18H26FNO4/c1-18(2,12-21)16(23)17(24)20-11-3-4-15(22)10-7-13-5-8-14(19)9-6-13/h5-6,8-9,16,21,23H,3-4,7,10-12H2,1-2H3,(H,20,24)/t16-/m0/s1. The fourth-order valence-electron chi connectivity index (χ4n) is 2.10. The molecule has 0 bridgehead atoms. The summed E-state index contributed by atoms with van der Waals surface area (Å²) in [5, 5.41) is 21.5. The first-order valence-corrected chi connectivity index (χ1v) is 8.09. The molecule has 0 heterocycles. The Labute approximate surface area is 141 Å². The van der Waals surface area contributed by atoms with Crippen LogP contribution in [0.3, 0.4) is 0 Å². The summed E-state index contributed by atoms with van der Waals surface area (Å²) in [5.41, 5.74) is 0.00196. The van der Waals surface area contributed by atoms with Gasteiger partial charge in [0, 0.05) is 24.8 Å². The van der Waals surface area contributed by atoms with Crippen LogP contribution in [0.25, 0.3) is 0 Å². The molecular formula is C18H26FNO4. The second-order valence-electron chi connectivity index (χ2n) is 6.61. The first kappa shape index (κ1) is 20.3. The monoisotopic (exact) mass is 339 g/mol. The number of aliphatic hydroxyl groups is 2. The average molecular weight is 339 g/mol. The number of aryl methyl sites for hydroxylation is 1. The SMILES string of the molecule is CC(C)(CO)[C@@H](O)C(=O)NCCCC(=O)CCc1ccc(F)cc1. The molecule has 3 N–H and O–H groups in total. The van der Waals surface area contributed by atoms with Crippen molar-refractivity contribution in [1.82, 2.24) is 5.32 Å². The van der Waals surface area contributed by atoms with Crippen LogP contribution in [0.1, 0.15) is 38.7 Å². The molecule has 0 aliphatic carbocycles. The number of hydrogen-bond donors (Lipinski definition) is 3. The zero-order valence-electron chi connectivity index (χ0n) is 14.2. The van der Waals surface area contributed by atoms with Crippen LogP contribution in [0.15, 0.2) is 24.3 Å². The van der Waals surface area contributed by atoms with Crippen molar-refractivity contribution in [2.24, 2.45) is 5.41 Å². The number of hydrogen-bond acceptors (Lipinski definition) is 4. The fraction of sp³-hybridized carbons (Fsp3) is 0.556. The number of aliphatic hydroxyl groups excluding tert-OH is 2. The van der Waals surface area contributed by atoms with Gasteiger partial charge in [-0.05, 0) is 30.5 Å². The Morgan fingerprint density at radius 3 is 2.42 bits per heavy atom. The molecule has 6 heteroatoms. The van der Waals surface area contributed by atoms with Gasteiger partial charge in [-0.15, -0.1) is 0 Å². The molecule has 0 saturated carbocycles. The van der Waals surface area contributed by atoms with E-state index in [4.69, 9.17) is 5.11 Å². The van der Waals surface area contributed by atoms with Crippen LogP contribution in [-0.4, -0.2) is 41.2 Å². The second-order valence-corrected chi connectivity index (χ2v) is 6.61. The maximum absolute atomic E-state index is 12.8. The highest BCUT2D eigenvalue weighted by Gasteiger charge is 2.32. The summed E-state index contributed by atoms with van der Waals surface area (Å²) in [6.07, 6.45) is 0.465. The molecule has 1 amide bonds. The summed E-state index contributed by atoms with van der Waals surface area (Å²) in [6, 6.07) is 6.06. The number of halogens is 1. The van der Waals surface area contributed by atoms with Crippen LogP contribution < -0.4 is 5.32 Å². The summed E-state index contributed by atoms with van der Waals surface area (Å²) in [5.74, 6) is -0.773. The molecule has 1 aromatic carbocycles. The number of carbonyl (C=O) groups excluding carboxylic acids is 2. The van der Waals surface area contributed by atoms with Gasteiger partial charge >= 0.3 is 0 Å². The Hall–Kier alpha value is -1.79. The number of rotatable bonds is 10. The minimum Gasteiger partial charge on any atom is -0.396 e. The molecule has 0 radical (unpaired) electrons. The number of amides is 1. The van der Waals surface area contributed by atoms with Crippen molar-refractivity contribution in [3.63, 3.8) is 0 Å². The summed E-state index contributed by atoms with van der Waals surface area (Å²) in [4.78, 5) is 23.5. The largest absolute Gasteiger partial charge is 0.396 e. The molecule has 1 rings (SSSR count). The molecule has 0 aliphatic heterocycles. The van der Waals surface area contributed by atoms with Crippen molar-refractivity contribution in [2.45, 2.75) is 45.6 Å². The van der Waals surface area contributed by atoms with Crippen molar-refractivity contribution in [3.05, 3.63) is 35.6 Å². The number of benzene rings is 1. The van der Waals surface area contributed by atoms with Crippen molar-refractivity contribution >= 4 is 11.7 Å². The lowest BCUT2D eigenvalue weighted by atomic mass is 9.87. The van der Waals surface area contributed by atoms with Crippen LogP contribution in [0.5, 0.6) is 0 Å². The minimum atomic E-state index is -1.29. The van der Waals surface area contributed by atoms with Crippen molar-refractivity contribution < 1.29 is 24.2 Å². The quantitative estimate of drug-likeness (QED) is 0.565. The van der Waals surface area contributed by atoms with Crippen LogP contribution in [-0.2, 0) is 16.0 Å². The van der Waals surface area contributed by atoms with E-state index in [1.165, 1.54) is 12.1 Å². The van der Waals surface area contributed by atoms with Crippen LogP contribution in [0, 0.1) is 11.2 Å². The molecule has 24 heavy (non-hydrogen) atoms. The Kier molecular flexibility index (Phi) is 8.01. The van der Waals surface area contributed by atoms with Crippen molar-refractivity contribution in [2.75, 3.05) is 13.2 Å². The Morgan fingerprint density at radius 1 is 1.21 bits per heavy atom. The van der Waals surface area contributed by atoms with Gasteiger partial charge in [0.05, 0.1) is 6.61 Å². The van der Waals surface area contributed by atoms with Gasteiger partial charge < -0.3 is 15.5 Å². The Balaban J connectivity index is 2.21. The molecule has 0 aromatic heterocycles. The van der Waals surface area contributed by atoms with Gasteiger partial charge in [-0.2, -0.15) is 0 Å². The average Bonchev–Trinajstić information content (AvgIpc) is 2.57. The number of Topliss-reactive ketones (excluding diaryl/α,β-unsaturated/α-hetero) is 1. The van der Waals surface area contributed by atoms with Crippen LogP contribution >= 0.6 is 0 Å². The van der Waals surface area contributed by atoms with Gasteiger partial charge in [0.15, 0.2) is 0 Å². The molecule has 1 aromatic rings. The Bertz CT molecular complexity index is 542. The normalized spacial score (nSPS) is 12.7. The van der Waals surface area contributed by atoms with E-state index in [-0.39, 0.29) is 18.2 Å². The molecule has 0 saturated heterocycles. The topological polar surface area (TPSA) is 86.6 Å². The highest BCUT2D eigenvalue weighted by atomic mass is 19.1. The van der Waals surface area contributed by atoms with E-state index in [0.717, 1.165) is 5.56 Å². The van der Waals surface area contributed by atoms with E-state index in [0.29, 0.717) is 32.2 Å². The molecule has 134 valence electrons. The lowest BCUT2D eigenvalue weighted by Crippen LogP contribution is -2.45. The third-order valence-corrected chi connectivity index (χ3v) is 3.93. The maximum Gasteiger partial charge on any atom is 0.249 e. The second kappa shape index (κ2) is 9.49. The zero-order valence-corrected chi connectivity index (χ0v) is 14.2. The van der Waals surface area contributed by atoms with E-state index in [2.05, 4.69) is 5.32 Å². The molecule has 0 spiro atoms. The molecular weight excluding hydrogens is 313 g/mol. The van der Waals surface area contributed by atoms with Gasteiger partial charge in [-0.25, -0.2) is 4.39 Å². The highest BCUT2D eigenvalue weighted by Crippen LogP contribution is 2.19. The minimum absolute atomic E-state index is 0.0739. The Morgan fingerprint density at radius 2 is 1.83 bits per heavy atom. The smallest absolute Gasteiger partial charge is 0.249 e. The maximum atomic E-state index is 12.8. The summed E-state index contributed by atoms with van der Waals surface area (Å²) < 4.78 is 12.8. The van der Waals surface area contributed by atoms with E-state index in [9.17, 15) is 19.1 Å². The van der Waals surface area contributed by atoms with Crippen LogP contribution in [0.2, 0.25) is 0 Å². The summed E-state index contributed by atoms with van der Waals surface area (Å²) in [6.45, 7) is 3.18. The van der Waals surface area contributed by atoms with Crippen LogP contribution in [0.4, 0.5) is 4.39 Å². The molecule has 1 atom stereocenters. The first-order valence-electron chi connectivity index (χ1n) is 8.09. The predicted octanol–water partition coefficient (Wildman–Crippen LogP) is 1.60. The third kappa shape index (κ3) is 6.76. The van der Waals surface area contributed by atoms with Gasteiger partial charge in [0.25, 0.3) is 0 Å². The van der Waals surface area contributed by atoms with E-state index in [1.807, 2.05) is 0 Å². The van der Waals surface area contributed by atoms with Gasteiger partial charge in [0.2, 0.25) is 5.91 Å². The van der Waals surface area contributed by atoms with Gasteiger partial charge in [0.1, 0.15) is 17.7 Å². The molecule has 0 fully saturated rings. The summed E-state index contributed by atoms with van der Waals surface area (Å²) >= 11 is 0. The number of ketones is 1. The highest BCUT2D eigenvalue weighted by molar-refractivity contribution is 5.81. The van der Waals surface area contributed by atoms with E-state index < -0.39 is 17.4 Å². The number of nitrogens with one attached hydrogen (secondary N) is 1. The summed E-state index contributed by atoms with van der Waals surface area (Å²) in [7, 11) is 0.